The summed E-state index contributed by atoms with van der Waals surface area (Å²) >= 11 is 0. The second-order valence-electron chi connectivity index (χ2n) is 3.08. The van der Waals surface area contributed by atoms with Crippen LogP contribution in [0, 0.1) is 0 Å². The summed E-state index contributed by atoms with van der Waals surface area (Å²) in [5, 5.41) is 9.39. The average Bonchev–Trinajstić information content (AvgIpc) is 2.67. The molecular weight excluding hydrogens is 178 g/mol. The molecule has 1 aromatic heterocycles. The first-order chi connectivity index (χ1) is 6.86. The molecule has 66 valence electrons. The van der Waals surface area contributed by atoms with Crippen LogP contribution in [-0.2, 0) is 4.79 Å². The van der Waals surface area contributed by atoms with Gasteiger partial charge in [0.1, 0.15) is 5.70 Å². The van der Waals surface area contributed by atoms with Crippen LogP contribution in [0.3, 0.4) is 0 Å². The predicted molar refractivity (Wildman–Crippen MR) is 49.3 cm³/mol. The summed E-state index contributed by atoms with van der Waals surface area (Å²) in [7, 11) is 0. The summed E-state index contributed by atoms with van der Waals surface area (Å²) in [5.74, 6) is -0.0382. The summed E-state index contributed by atoms with van der Waals surface area (Å²) in [6.07, 6.45) is 6.43. The fourth-order valence-corrected chi connectivity index (χ4v) is 1.59. The summed E-state index contributed by atoms with van der Waals surface area (Å²) in [6, 6.07) is 1.80. The molecule has 1 aliphatic heterocycles. The third-order valence-electron chi connectivity index (χ3n) is 2.26. The van der Waals surface area contributed by atoms with Crippen molar-refractivity contribution in [3.8, 4) is 0 Å². The van der Waals surface area contributed by atoms with E-state index in [1.165, 1.54) is 6.20 Å². The van der Waals surface area contributed by atoms with Crippen LogP contribution in [0.15, 0.2) is 40.5 Å². The first-order valence-corrected chi connectivity index (χ1v) is 4.18. The van der Waals surface area contributed by atoms with Crippen molar-refractivity contribution in [1.29, 1.82) is 0 Å². The zero-order valence-corrected chi connectivity index (χ0v) is 7.14. The Morgan fingerprint density at radius 3 is 3.14 bits per heavy atom. The van der Waals surface area contributed by atoms with E-state index in [1.54, 1.807) is 24.5 Å². The minimum atomic E-state index is -0.0382. The molecular formula is C10H5N3O. The van der Waals surface area contributed by atoms with E-state index in [4.69, 9.17) is 0 Å². The summed E-state index contributed by atoms with van der Waals surface area (Å²) in [4.78, 5) is 15.6. The molecule has 0 spiro atoms. The zero-order chi connectivity index (χ0) is 9.54. The number of rotatable bonds is 0. The Kier molecular flexibility index (Phi) is 1.28. The van der Waals surface area contributed by atoms with E-state index in [0.717, 1.165) is 10.4 Å². The van der Waals surface area contributed by atoms with Gasteiger partial charge in [0.25, 0.3) is 0 Å². The molecule has 0 bridgehead atoms. The minimum absolute atomic E-state index is 0.0382. The Labute approximate surface area is 79.0 Å². The van der Waals surface area contributed by atoms with Gasteiger partial charge in [-0.15, -0.1) is 5.11 Å². The molecule has 4 heteroatoms. The van der Waals surface area contributed by atoms with Crippen LogP contribution in [-0.4, -0.2) is 10.8 Å². The van der Waals surface area contributed by atoms with Gasteiger partial charge in [-0.05, 0) is 17.4 Å². The van der Waals surface area contributed by atoms with Crippen molar-refractivity contribution < 1.29 is 4.79 Å². The molecule has 4 nitrogen and oxygen atoms in total. The molecule has 0 fully saturated rings. The highest BCUT2D eigenvalue weighted by Gasteiger charge is 2.20. The number of azo groups is 1. The van der Waals surface area contributed by atoms with Gasteiger partial charge in [0.15, 0.2) is 5.78 Å². The highest BCUT2D eigenvalue weighted by atomic mass is 16.1. The van der Waals surface area contributed by atoms with Crippen LogP contribution in [0.25, 0.3) is 11.8 Å². The lowest BCUT2D eigenvalue weighted by Crippen LogP contribution is -2.32. The van der Waals surface area contributed by atoms with Crippen molar-refractivity contribution in [2.75, 3.05) is 0 Å². The third kappa shape index (κ3) is 0.821. The number of ketones is 1. The number of hydrogen-bond donors (Lipinski definition) is 0. The topological polar surface area (TPSA) is 54.7 Å². The van der Waals surface area contributed by atoms with Crippen LogP contribution >= 0.6 is 0 Å². The maximum atomic E-state index is 11.6. The van der Waals surface area contributed by atoms with Crippen LogP contribution in [0.1, 0.15) is 0 Å². The zero-order valence-electron chi connectivity index (χ0n) is 7.14. The average molecular weight is 183 g/mol. The number of aromatic nitrogens is 1. The SMILES string of the molecule is O=C1C=c2ccncc2=C2N=NC=C12. The minimum Gasteiger partial charge on any atom is -0.289 e. The predicted octanol–water partition coefficient (Wildman–Crippen LogP) is -0.0973. The number of nitrogens with zero attached hydrogens (tertiary/aromatic N) is 3. The normalized spacial score (nSPS) is 17.3. The Balaban J connectivity index is 2.57. The molecule has 0 aromatic carbocycles. The van der Waals surface area contributed by atoms with E-state index < -0.39 is 0 Å². The number of carbonyl (C=O) groups is 1. The van der Waals surface area contributed by atoms with E-state index in [1.807, 2.05) is 0 Å². The molecule has 2 heterocycles. The maximum absolute atomic E-state index is 11.6. The molecule has 0 radical (unpaired) electrons. The van der Waals surface area contributed by atoms with Gasteiger partial charge >= 0.3 is 0 Å². The van der Waals surface area contributed by atoms with Gasteiger partial charge in [0.05, 0.1) is 11.8 Å². The van der Waals surface area contributed by atoms with Gasteiger partial charge in [-0.25, -0.2) is 0 Å². The number of fused-ring (bicyclic) bond motifs is 2. The molecule has 0 atom stereocenters. The van der Waals surface area contributed by atoms with E-state index in [-0.39, 0.29) is 5.78 Å². The van der Waals surface area contributed by atoms with Crippen LogP contribution in [0.4, 0.5) is 0 Å². The second-order valence-corrected chi connectivity index (χ2v) is 3.08. The van der Waals surface area contributed by atoms with Gasteiger partial charge in [0, 0.05) is 17.6 Å². The van der Waals surface area contributed by atoms with Gasteiger partial charge in [-0.3, -0.25) is 9.78 Å². The number of pyridine rings is 1. The lowest BCUT2D eigenvalue weighted by atomic mass is 10.0. The monoisotopic (exact) mass is 183 g/mol. The Morgan fingerprint density at radius 2 is 2.21 bits per heavy atom. The second kappa shape index (κ2) is 2.45. The molecule has 1 aliphatic carbocycles. The molecule has 0 saturated carbocycles. The lowest BCUT2D eigenvalue weighted by molar-refractivity contribution is -0.109. The van der Waals surface area contributed by atoms with E-state index in [2.05, 4.69) is 15.2 Å². The van der Waals surface area contributed by atoms with Gasteiger partial charge in [0.2, 0.25) is 0 Å². The highest BCUT2D eigenvalue weighted by Crippen LogP contribution is 2.20. The first kappa shape index (κ1) is 7.32. The molecule has 14 heavy (non-hydrogen) atoms. The van der Waals surface area contributed by atoms with Crippen molar-refractivity contribution in [2.45, 2.75) is 0 Å². The number of hydrogen-bond acceptors (Lipinski definition) is 4. The molecule has 0 unspecified atom stereocenters. The quantitative estimate of drug-likeness (QED) is 0.564. The standard InChI is InChI=1S/C10H5N3O/c14-9-3-6-1-2-11-4-7(6)10-8(9)5-12-13-10/h1-5H. The Morgan fingerprint density at radius 1 is 1.29 bits per heavy atom. The van der Waals surface area contributed by atoms with Crippen molar-refractivity contribution >= 4 is 17.6 Å². The van der Waals surface area contributed by atoms with Crippen molar-refractivity contribution in [2.24, 2.45) is 10.2 Å². The Bertz CT molecular complexity index is 610. The van der Waals surface area contributed by atoms with Crippen LogP contribution < -0.4 is 10.4 Å². The van der Waals surface area contributed by atoms with Crippen LogP contribution in [0.2, 0.25) is 0 Å². The Hall–Kier alpha value is -2.10. The molecule has 0 amide bonds. The fraction of sp³-hybridized carbons (Fsp3) is 0. The summed E-state index contributed by atoms with van der Waals surface area (Å²) < 4.78 is 0. The lowest BCUT2D eigenvalue weighted by Gasteiger charge is -2.03. The van der Waals surface area contributed by atoms with Crippen LogP contribution in [0.5, 0.6) is 0 Å². The van der Waals surface area contributed by atoms with Crippen molar-refractivity contribution in [3.05, 3.63) is 40.7 Å². The smallest absolute Gasteiger partial charge is 0.190 e. The maximum Gasteiger partial charge on any atom is 0.190 e. The first-order valence-electron chi connectivity index (χ1n) is 4.18. The van der Waals surface area contributed by atoms with Crippen molar-refractivity contribution in [3.63, 3.8) is 0 Å². The summed E-state index contributed by atoms with van der Waals surface area (Å²) in [6.45, 7) is 0. The number of Topliss-reactive ketones (excluding diaryl/α,β-unsaturated/α-hetero) is 1. The van der Waals surface area contributed by atoms with E-state index >= 15 is 0 Å². The van der Waals surface area contributed by atoms with Crippen molar-refractivity contribution in [1.82, 2.24) is 4.98 Å². The third-order valence-corrected chi connectivity index (χ3v) is 2.26. The van der Waals surface area contributed by atoms with E-state index in [9.17, 15) is 4.79 Å². The molecule has 3 rings (SSSR count). The summed E-state index contributed by atoms with van der Waals surface area (Å²) in [5.41, 5.74) is 1.20. The van der Waals surface area contributed by atoms with Gasteiger partial charge in [-0.2, -0.15) is 5.11 Å². The highest BCUT2D eigenvalue weighted by molar-refractivity contribution is 6.24. The molecule has 2 aliphatic rings. The largest absolute Gasteiger partial charge is 0.289 e. The molecule has 0 saturated heterocycles. The van der Waals surface area contributed by atoms with Gasteiger partial charge in [-0.1, -0.05) is 0 Å². The number of carbonyl (C=O) groups excluding carboxylic acids is 1. The molecule has 0 N–H and O–H groups in total. The van der Waals surface area contributed by atoms with Gasteiger partial charge < -0.3 is 0 Å². The molecule has 1 aromatic rings. The fourth-order valence-electron chi connectivity index (χ4n) is 1.59. The van der Waals surface area contributed by atoms with E-state index in [0.29, 0.717) is 11.3 Å².